The molecule has 0 saturated heterocycles. The number of benzene rings is 1. The Labute approximate surface area is 145 Å². The number of primary amides is 1. The zero-order valence-electron chi connectivity index (χ0n) is 13.6. The van der Waals surface area contributed by atoms with Crippen molar-refractivity contribution in [3.63, 3.8) is 0 Å². The number of carbonyl (C=O) groups excluding carboxylic acids is 2. The van der Waals surface area contributed by atoms with E-state index < -0.39 is 5.91 Å². The van der Waals surface area contributed by atoms with Gasteiger partial charge in [0, 0.05) is 25.5 Å². The number of nitrogens with two attached hydrogens (primary N) is 1. The van der Waals surface area contributed by atoms with Crippen LogP contribution in [0.4, 0.5) is 16.4 Å². The molecule has 0 radical (unpaired) electrons. The molecule has 25 heavy (non-hydrogen) atoms. The number of nitrogens with one attached hydrogen (secondary N) is 3. The van der Waals surface area contributed by atoms with Gasteiger partial charge in [0.2, 0.25) is 11.9 Å². The van der Waals surface area contributed by atoms with E-state index >= 15 is 0 Å². The number of ether oxygens (including phenoxy) is 1. The fourth-order valence-corrected chi connectivity index (χ4v) is 1.86. The van der Waals surface area contributed by atoms with Crippen LogP contribution in [0.1, 0.15) is 6.42 Å². The molecule has 1 aromatic carbocycles. The van der Waals surface area contributed by atoms with Crippen molar-refractivity contribution in [1.29, 1.82) is 0 Å². The number of carbonyl (C=O) groups is 2. The lowest BCUT2D eigenvalue weighted by Crippen LogP contribution is -2.33. The lowest BCUT2D eigenvalue weighted by atomic mass is 10.3. The second-order valence-corrected chi connectivity index (χ2v) is 4.94. The molecule has 3 amide bonds. The van der Waals surface area contributed by atoms with Crippen LogP contribution in [0.25, 0.3) is 0 Å². The van der Waals surface area contributed by atoms with E-state index in [0.29, 0.717) is 30.5 Å². The maximum Gasteiger partial charge on any atom is 0.319 e. The third kappa shape index (κ3) is 6.73. The summed E-state index contributed by atoms with van der Waals surface area (Å²) in [5.41, 5.74) is 5.58. The molecule has 0 fully saturated rings. The molecule has 9 heteroatoms. The monoisotopic (exact) mass is 344 g/mol. The Morgan fingerprint density at radius 2 is 1.84 bits per heavy atom. The number of nitrogens with zero attached hydrogens (tertiary/aromatic N) is 2. The van der Waals surface area contributed by atoms with Crippen LogP contribution in [0, 0.1) is 0 Å². The fraction of sp³-hybridized carbons (Fsp3) is 0.250. The van der Waals surface area contributed by atoms with Crippen molar-refractivity contribution in [3.05, 3.63) is 42.7 Å². The van der Waals surface area contributed by atoms with Gasteiger partial charge < -0.3 is 26.4 Å². The molecule has 0 unspecified atom stereocenters. The van der Waals surface area contributed by atoms with Crippen LogP contribution >= 0.6 is 0 Å². The van der Waals surface area contributed by atoms with Gasteiger partial charge in [0.15, 0.2) is 0 Å². The molecule has 2 rings (SSSR count). The highest BCUT2D eigenvalue weighted by atomic mass is 16.5. The smallest absolute Gasteiger partial charge is 0.319 e. The first kappa shape index (κ1) is 18.0. The predicted molar refractivity (Wildman–Crippen MR) is 93.3 cm³/mol. The van der Waals surface area contributed by atoms with Crippen LogP contribution in [0.2, 0.25) is 0 Å². The number of anilines is 2. The van der Waals surface area contributed by atoms with Gasteiger partial charge in [0.05, 0.1) is 18.7 Å². The number of rotatable bonds is 9. The summed E-state index contributed by atoms with van der Waals surface area (Å²) < 4.78 is 5.46. The molecule has 2 aromatic rings. The highest BCUT2D eigenvalue weighted by Gasteiger charge is 2.07. The van der Waals surface area contributed by atoms with Gasteiger partial charge in [0.1, 0.15) is 5.75 Å². The highest BCUT2D eigenvalue weighted by Crippen LogP contribution is 2.23. The largest absolute Gasteiger partial charge is 0.491 e. The van der Waals surface area contributed by atoms with Crippen molar-refractivity contribution < 1.29 is 14.3 Å². The van der Waals surface area contributed by atoms with Crippen molar-refractivity contribution in [3.8, 4) is 5.75 Å². The molecule has 0 aliphatic heterocycles. The molecular weight excluding hydrogens is 324 g/mol. The zero-order valence-corrected chi connectivity index (χ0v) is 13.6. The molecule has 132 valence electrons. The quantitative estimate of drug-likeness (QED) is 0.501. The van der Waals surface area contributed by atoms with E-state index in [0.717, 1.165) is 0 Å². The van der Waals surface area contributed by atoms with Crippen molar-refractivity contribution in [2.45, 2.75) is 6.42 Å². The zero-order chi connectivity index (χ0) is 17.9. The van der Waals surface area contributed by atoms with Crippen molar-refractivity contribution >= 4 is 23.6 Å². The average molecular weight is 344 g/mol. The van der Waals surface area contributed by atoms with Crippen LogP contribution in [0.15, 0.2) is 42.7 Å². The summed E-state index contributed by atoms with van der Waals surface area (Å²) in [5, 5.41) is 8.38. The van der Waals surface area contributed by atoms with Crippen molar-refractivity contribution in [1.82, 2.24) is 15.3 Å². The summed E-state index contributed by atoms with van der Waals surface area (Å²) in [6, 6.07) is 8.29. The molecule has 9 nitrogen and oxygen atoms in total. The Morgan fingerprint density at radius 1 is 1.08 bits per heavy atom. The normalized spacial score (nSPS) is 9.92. The number of para-hydroxylation sites is 2. The van der Waals surface area contributed by atoms with Crippen LogP contribution in [0.3, 0.4) is 0 Å². The number of hydrogen-bond acceptors (Lipinski definition) is 6. The summed E-state index contributed by atoms with van der Waals surface area (Å²) in [6.45, 7) is 1.01. The van der Waals surface area contributed by atoms with Crippen LogP contribution in [-0.2, 0) is 4.79 Å². The van der Waals surface area contributed by atoms with E-state index in [2.05, 4.69) is 25.9 Å². The third-order valence-corrected chi connectivity index (χ3v) is 3.00. The molecule has 0 aliphatic rings. The number of amides is 3. The Morgan fingerprint density at radius 3 is 2.60 bits per heavy atom. The van der Waals surface area contributed by atoms with Crippen LogP contribution in [0.5, 0.6) is 5.75 Å². The fourth-order valence-electron chi connectivity index (χ4n) is 1.86. The Bertz CT molecular complexity index is 695. The summed E-state index contributed by atoms with van der Waals surface area (Å²) in [7, 11) is 0. The summed E-state index contributed by atoms with van der Waals surface area (Å²) in [6.07, 6.45) is 3.36. The summed E-state index contributed by atoms with van der Waals surface area (Å²) in [4.78, 5) is 30.7. The van der Waals surface area contributed by atoms with E-state index in [4.69, 9.17) is 10.5 Å². The topological polar surface area (TPSA) is 131 Å². The van der Waals surface area contributed by atoms with Gasteiger partial charge in [-0.2, -0.15) is 0 Å². The summed E-state index contributed by atoms with van der Waals surface area (Å²) in [5.74, 6) is 0.519. The van der Waals surface area contributed by atoms with E-state index in [1.54, 1.807) is 42.7 Å². The van der Waals surface area contributed by atoms with E-state index in [9.17, 15) is 9.59 Å². The first-order valence-electron chi connectivity index (χ1n) is 7.71. The SMILES string of the molecule is NC(=O)CCOc1ccccc1NC(=O)NCCNc1ncccn1. The third-order valence-electron chi connectivity index (χ3n) is 3.00. The Kier molecular flexibility index (Phi) is 6.98. The van der Waals surface area contributed by atoms with Crippen LogP contribution < -0.4 is 26.4 Å². The van der Waals surface area contributed by atoms with E-state index in [1.807, 2.05) is 0 Å². The lowest BCUT2D eigenvalue weighted by Gasteiger charge is -2.13. The van der Waals surface area contributed by atoms with Crippen molar-refractivity contribution in [2.24, 2.45) is 5.73 Å². The molecule has 0 aliphatic carbocycles. The van der Waals surface area contributed by atoms with Gasteiger partial charge >= 0.3 is 6.03 Å². The minimum atomic E-state index is -0.446. The van der Waals surface area contributed by atoms with E-state index in [-0.39, 0.29) is 19.1 Å². The second-order valence-electron chi connectivity index (χ2n) is 4.94. The van der Waals surface area contributed by atoms with E-state index in [1.165, 1.54) is 0 Å². The number of aromatic nitrogens is 2. The molecule has 0 atom stereocenters. The molecule has 1 heterocycles. The maximum absolute atomic E-state index is 11.9. The predicted octanol–water partition coefficient (Wildman–Crippen LogP) is 0.964. The Hall–Kier alpha value is -3.36. The first-order valence-corrected chi connectivity index (χ1v) is 7.71. The first-order chi connectivity index (χ1) is 12.1. The number of urea groups is 1. The van der Waals surface area contributed by atoms with Gasteiger partial charge in [-0.05, 0) is 18.2 Å². The van der Waals surface area contributed by atoms with Gasteiger partial charge in [0.25, 0.3) is 0 Å². The molecule has 0 saturated carbocycles. The highest BCUT2D eigenvalue weighted by molar-refractivity contribution is 5.90. The van der Waals surface area contributed by atoms with Gasteiger partial charge in [-0.1, -0.05) is 12.1 Å². The molecule has 0 bridgehead atoms. The number of hydrogen-bond donors (Lipinski definition) is 4. The van der Waals surface area contributed by atoms with Crippen LogP contribution in [-0.4, -0.2) is 41.6 Å². The second kappa shape index (κ2) is 9.71. The average Bonchev–Trinajstić information content (AvgIpc) is 2.61. The van der Waals surface area contributed by atoms with Gasteiger partial charge in [-0.25, -0.2) is 14.8 Å². The molecule has 5 N–H and O–H groups in total. The molecular formula is C16H20N6O3. The Balaban J connectivity index is 1.75. The van der Waals surface area contributed by atoms with Gasteiger partial charge in [-0.3, -0.25) is 4.79 Å². The molecule has 1 aromatic heterocycles. The maximum atomic E-state index is 11.9. The minimum absolute atomic E-state index is 0.105. The summed E-state index contributed by atoms with van der Waals surface area (Å²) >= 11 is 0. The standard InChI is InChI=1S/C16H20N6O3/c17-14(23)6-11-25-13-5-2-1-4-12(13)22-16(24)21-10-9-20-15-18-7-3-8-19-15/h1-5,7-8H,6,9-11H2,(H2,17,23)(H,18,19,20)(H2,21,22,24). The lowest BCUT2D eigenvalue weighted by molar-refractivity contribution is -0.118. The van der Waals surface area contributed by atoms with Gasteiger partial charge in [-0.15, -0.1) is 0 Å². The minimum Gasteiger partial charge on any atom is -0.491 e. The van der Waals surface area contributed by atoms with Crippen molar-refractivity contribution in [2.75, 3.05) is 30.3 Å². The molecule has 0 spiro atoms.